The van der Waals surface area contributed by atoms with Crippen molar-refractivity contribution in [2.24, 2.45) is 11.8 Å². The largest absolute Gasteiger partial charge is 0.356 e. The molecule has 5 amide bonds. The number of ketones is 2. The van der Waals surface area contributed by atoms with Crippen LogP contribution in [-0.2, 0) is 40.1 Å². The van der Waals surface area contributed by atoms with Crippen molar-refractivity contribution in [1.82, 2.24) is 47.0 Å². The fraction of sp³-hybridized carbons (Fsp3) is 0.557. The van der Waals surface area contributed by atoms with Crippen molar-refractivity contribution in [3.8, 4) is 0 Å². The van der Waals surface area contributed by atoms with Crippen LogP contribution in [-0.4, -0.2) is 133 Å². The predicted octanol–water partition coefficient (Wildman–Crippen LogP) is 8.21. The highest BCUT2D eigenvalue weighted by molar-refractivity contribution is 5.95. The normalized spacial score (nSPS) is 23.2. The molecule has 16 nitrogen and oxygen atoms in total. The predicted molar refractivity (Wildman–Crippen MR) is 338 cm³/mol. The van der Waals surface area contributed by atoms with E-state index in [0.29, 0.717) is 77.2 Å². The molecule has 4 aromatic carbocycles. The van der Waals surface area contributed by atoms with Crippen LogP contribution in [0.4, 0.5) is 0 Å². The van der Waals surface area contributed by atoms with E-state index in [1.165, 1.54) is 5.56 Å². The van der Waals surface area contributed by atoms with E-state index in [9.17, 15) is 33.6 Å². The highest BCUT2D eigenvalue weighted by Crippen LogP contribution is 2.38. The standard InChI is InChI=1S/C70H97N9O7/c1-5-57(71-3)67(83)75-59-47-78-54(37-35-52(59)45-73-44-48-25-15-11-16-26-48)39-42-61(78)69(85)76-65(51-31-21-14-22-32-51)62(80)33-23-9-7-8-10-24-34-64(82)74-46-53-36-38-55-40-41-60(79(55)70(86)66(53)77-68(84)58(6-2)72-4)63(81)43-56(49-27-17-12-18-28-49)50-29-19-13-20-30-50/h11-22,25-32,52-61,65-66,71-73H,5-10,23-24,33-47H2,1-4H3,(H,74,82)(H,75,83)(H,76,85)(H,77,84)/t52-,53-,54+,55+,57+,58+,59-,60+,61+,65+,66+/m1/s1. The number of carbonyl (C=O) groups excluding carboxylic acids is 7. The molecule has 0 bridgehead atoms. The molecule has 4 saturated heterocycles. The molecule has 8 rings (SSSR count). The Kier molecular flexibility index (Phi) is 25.5. The van der Waals surface area contributed by atoms with Crippen molar-refractivity contribution in [3.63, 3.8) is 0 Å². The molecule has 0 saturated carbocycles. The summed E-state index contributed by atoms with van der Waals surface area (Å²) in [4.78, 5) is 103. The number of rotatable bonds is 32. The lowest BCUT2D eigenvalue weighted by Gasteiger charge is -2.34. The molecule has 4 aliphatic rings. The van der Waals surface area contributed by atoms with Crippen LogP contribution in [0.25, 0.3) is 0 Å². The van der Waals surface area contributed by atoms with Gasteiger partial charge < -0.3 is 42.1 Å². The Labute approximate surface area is 511 Å². The fourth-order valence-electron chi connectivity index (χ4n) is 14.1. The number of fused-ring (bicyclic) bond motifs is 2. The number of hydrogen-bond acceptors (Lipinski definition) is 11. The van der Waals surface area contributed by atoms with Gasteiger partial charge in [-0.15, -0.1) is 0 Å². The second-order valence-electron chi connectivity index (χ2n) is 24.6. The Morgan fingerprint density at radius 2 is 1.08 bits per heavy atom. The van der Waals surface area contributed by atoms with Crippen LogP contribution in [0.3, 0.4) is 0 Å². The number of carbonyl (C=O) groups is 7. The summed E-state index contributed by atoms with van der Waals surface area (Å²) in [5.41, 5.74) is 4.06. The third-order valence-electron chi connectivity index (χ3n) is 19.1. The van der Waals surface area contributed by atoms with Gasteiger partial charge in [0, 0.05) is 75.4 Å². The third kappa shape index (κ3) is 17.8. The maximum absolute atomic E-state index is 14.9. The monoisotopic (exact) mass is 1180 g/mol. The highest BCUT2D eigenvalue weighted by atomic mass is 16.2. The second kappa shape index (κ2) is 33.5. The highest BCUT2D eigenvalue weighted by Gasteiger charge is 2.48. The Hall–Kier alpha value is -6.59. The van der Waals surface area contributed by atoms with E-state index in [-0.39, 0.29) is 96.0 Å². The van der Waals surface area contributed by atoms with Gasteiger partial charge in [0.25, 0.3) is 0 Å². The number of nitrogens with one attached hydrogen (secondary N) is 7. The van der Waals surface area contributed by atoms with Crippen molar-refractivity contribution in [1.29, 1.82) is 0 Å². The lowest BCUT2D eigenvalue weighted by Crippen LogP contribution is -2.58. The SMILES string of the molecule is CC[C@H](NC)C(=O)N[C@@H]1C(=O)N2[C@@H](CC[C@@H]1CNC(=O)CCCCCCCCC(=O)[C@@H](NC(=O)[C@@H]1CC[C@@H]3CC[C@H](CNCc4ccccc4)[C@H](NC(=O)[C@H](CC)NC)CN31)c1ccccc1)CC[C@H]2C(=O)CC(c1ccccc1)c1ccccc1. The zero-order valence-corrected chi connectivity index (χ0v) is 51.5. The van der Waals surface area contributed by atoms with E-state index in [4.69, 9.17) is 0 Å². The number of nitrogens with zero attached hydrogens (tertiary/aromatic N) is 2. The summed E-state index contributed by atoms with van der Waals surface area (Å²) in [5, 5.41) is 22.7. The van der Waals surface area contributed by atoms with E-state index in [2.05, 4.69) is 54.3 Å². The number of Topliss-reactive ketones (excluding diaryl/α,β-unsaturated/α-hetero) is 2. The molecule has 0 unspecified atom stereocenters. The van der Waals surface area contributed by atoms with E-state index < -0.39 is 30.2 Å². The zero-order chi connectivity index (χ0) is 60.8. The summed E-state index contributed by atoms with van der Waals surface area (Å²) < 4.78 is 0. The van der Waals surface area contributed by atoms with Crippen LogP contribution in [0.15, 0.2) is 121 Å². The molecule has 7 N–H and O–H groups in total. The molecule has 4 aromatic rings. The number of amides is 5. The Balaban J connectivity index is 0.799. The van der Waals surface area contributed by atoms with Gasteiger partial charge in [-0.05, 0) is 119 Å². The van der Waals surface area contributed by atoms with Crippen LogP contribution >= 0.6 is 0 Å². The van der Waals surface area contributed by atoms with E-state index in [0.717, 1.165) is 74.7 Å². The van der Waals surface area contributed by atoms with E-state index >= 15 is 0 Å². The van der Waals surface area contributed by atoms with Crippen LogP contribution < -0.4 is 37.2 Å². The minimum Gasteiger partial charge on any atom is -0.356 e. The van der Waals surface area contributed by atoms with Gasteiger partial charge in [-0.25, -0.2) is 0 Å². The first kappa shape index (κ1) is 65.4. The Morgan fingerprint density at radius 1 is 0.558 bits per heavy atom. The summed E-state index contributed by atoms with van der Waals surface area (Å²) >= 11 is 0. The van der Waals surface area contributed by atoms with Gasteiger partial charge in [-0.3, -0.25) is 38.5 Å². The maximum atomic E-state index is 14.9. The lowest BCUT2D eigenvalue weighted by molar-refractivity contribution is -0.143. The number of hydrogen-bond donors (Lipinski definition) is 7. The zero-order valence-electron chi connectivity index (χ0n) is 51.5. The summed E-state index contributed by atoms with van der Waals surface area (Å²) in [6.45, 7) is 6.18. The lowest BCUT2D eigenvalue weighted by atomic mass is 9.85. The molecule has 0 radical (unpaired) electrons. The molecule has 11 atom stereocenters. The molecule has 4 fully saturated rings. The quantitative estimate of drug-likeness (QED) is 0.0232. The first-order valence-electron chi connectivity index (χ1n) is 32.5. The van der Waals surface area contributed by atoms with Gasteiger partial charge in [0.05, 0.1) is 24.2 Å². The van der Waals surface area contributed by atoms with E-state index in [1.54, 1.807) is 11.9 Å². The van der Waals surface area contributed by atoms with Crippen LogP contribution in [0.1, 0.15) is 170 Å². The van der Waals surface area contributed by atoms with Gasteiger partial charge in [-0.1, -0.05) is 161 Å². The smallest absolute Gasteiger partial charge is 0.246 e. The van der Waals surface area contributed by atoms with Gasteiger partial charge in [0.1, 0.15) is 12.1 Å². The van der Waals surface area contributed by atoms with Crippen LogP contribution in [0.2, 0.25) is 0 Å². The molecule has 0 spiro atoms. The average molecular weight is 1180 g/mol. The van der Waals surface area contributed by atoms with Crippen LogP contribution in [0, 0.1) is 11.8 Å². The van der Waals surface area contributed by atoms with Crippen LogP contribution in [0.5, 0.6) is 0 Å². The summed E-state index contributed by atoms with van der Waals surface area (Å²) in [6.07, 6.45) is 13.0. The van der Waals surface area contributed by atoms with Gasteiger partial charge in [0.2, 0.25) is 29.5 Å². The third-order valence-corrected chi connectivity index (χ3v) is 19.1. The van der Waals surface area contributed by atoms with Gasteiger partial charge in [-0.2, -0.15) is 0 Å². The topological polar surface area (TPSA) is 210 Å². The number of benzene rings is 4. The molecule has 0 aliphatic carbocycles. The van der Waals surface area contributed by atoms with Crippen molar-refractivity contribution >= 4 is 41.1 Å². The van der Waals surface area contributed by atoms with Crippen molar-refractivity contribution < 1.29 is 33.6 Å². The Bertz CT molecular complexity index is 2740. The minimum atomic E-state index is -0.896. The summed E-state index contributed by atoms with van der Waals surface area (Å²) in [7, 11) is 3.54. The van der Waals surface area contributed by atoms with Gasteiger partial charge in [0.15, 0.2) is 11.6 Å². The Morgan fingerprint density at radius 3 is 1.70 bits per heavy atom. The fourth-order valence-corrected chi connectivity index (χ4v) is 14.1. The average Bonchev–Trinajstić information content (AvgIpc) is 2.58. The molecular weight excluding hydrogens is 1080 g/mol. The maximum Gasteiger partial charge on any atom is 0.246 e. The number of unbranched alkanes of at least 4 members (excludes halogenated alkanes) is 5. The summed E-state index contributed by atoms with van der Waals surface area (Å²) in [6, 6.07) is 36.3. The van der Waals surface area contributed by atoms with Crippen molar-refractivity contribution in [2.75, 3.05) is 33.7 Å². The minimum absolute atomic E-state index is 0.0147. The second-order valence-corrected chi connectivity index (χ2v) is 24.6. The summed E-state index contributed by atoms with van der Waals surface area (Å²) in [5.74, 6) is -1.15. The van der Waals surface area contributed by atoms with E-state index in [1.807, 2.05) is 130 Å². The molecule has 4 aliphatic heterocycles. The molecule has 4 heterocycles. The first-order chi connectivity index (χ1) is 41.9. The molecule has 464 valence electrons. The van der Waals surface area contributed by atoms with Gasteiger partial charge >= 0.3 is 0 Å². The molecule has 86 heavy (non-hydrogen) atoms. The molecule has 0 aromatic heterocycles. The van der Waals surface area contributed by atoms with Crippen molar-refractivity contribution in [3.05, 3.63) is 144 Å². The molecule has 16 heteroatoms. The molecular formula is C70H97N9O7. The first-order valence-corrected chi connectivity index (χ1v) is 32.5. The number of likely N-dealkylation sites (N-methyl/N-ethyl adjacent to an activating group) is 2. The van der Waals surface area contributed by atoms with Crippen molar-refractivity contribution in [2.45, 2.75) is 203 Å².